The van der Waals surface area contributed by atoms with Crippen LogP contribution >= 0.6 is 0 Å². The van der Waals surface area contributed by atoms with Crippen LogP contribution in [0.5, 0.6) is 5.75 Å². The quantitative estimate of drug-likeness (QED) is 0.600. The highest BCUT2D eigenvalue weighted by atomic mass is 16.5. The van der Waals surface area contributed by atoms with Gasteiger partial charge < -0.3 is 4.74 Å². The fraction of sp³-hybridized carbons (Fsp3) is 0.273. The van der Waals surface area contributed by atoms with Crippen molar-refractivity contribution in [1.29, 1.82) is 0 Å². The summed E-state index contributed by atoms with van der Waals surface area (Å²) in [6.07, 6.45) is 0. The molecule has 0 saturated heterocycles. The molecule has 0 saturated carbocycles. The van der Waals surface area contributed by atoms with Crippen molar-refractivity contribution in [3.05, 3.63) is 30.3 Å². The van der Waals surface area contributed by atoms with Gasteiger partial charge in [0.25, 0.3) is 5.91 Å². The SMILES string of the molecule is CC(C)=NNC(=O)COc1ccccc1. The zero-order valence-electron chi connectivity index (χ0n) is 8.86. The molecule has 80 valence electrons. The summed E-state index contributed by atoms with van der Waals surface area (Å²) in [5.41, 5.74) is 3.17. The van der Waals surface area contributed by atoms with E-state index in [1.54, 1.807) is 26.0 Å². The van der Waals surface area contributed by atoms with Crippen molar-refractivity contribution in [2.45, 2.75) is 13.8 Å². The number of rotatable bonds is 4. The molecule has 1 N–H and O–H groups in total. The van der Waals surface area contributed by atoms with E-state index in [1.807, 2.05) is 18.2 Å². The summed E-state index contributed by atoms with van der Waals surface area (Å²) in [5, 5.41) is 3.77. The van der Waals surface area contributed by atoms with Gasteiger partial charge in [0.05, 0.1) is 0 Å². The molecule has 0 unspecified atom stereocenters. The number of carbonyl (C=O) groups is 1. The van der Waals surface area contributed by atoms with Crippen molar-refractivity contribution in [3.8, 4) is 5.75 Å². The zero-order valence-corrected chi connectivity index (χ0v) is 8.86. The van der Waals surface area contributed by atoms with E-state index in [4.69, 9.17) is 4.74 Å². The number of amides is 1. The summed E-state index contributed by atoms with van der Waals surface area (Å²) < 4.78 is 5.22. The molecular formula is C11H14N2O2. The van der Waals surface area contributed by atoms with E-state index < -0.39 is 0 Å². The average Bonchev–Trinajstić information content (AvgIpc) is 2.25. The van der Waals surface area contributed by atoms with Crippen molar-refractivity contribution in [2.75, 3.05) is 6.61 Å². The standard InChI is InChI=1S/C11H14N2O2/c1-9(2)12-13-11(14)8-15-10-6-4-3-5-7-10/h3-7H,8H2,1-2H3,(H,13,14). The van der Waals surface area contributed by atoms with Crippen LogP contribution in [0.2, 0.25) is 0 Å². The summed E-state index contributed by atoms with van der Waals surface area (Å²) in [6, 6.07) is 9.17. The topological polar surface area (TPSA) is 50.7 Å². The lowest BCUT2D eigenvalue weighted by atomic mass is 10.3. The Balaban J connectivity index is 2.32. The van der Waals surface area contributed by atoms with Crippen LogP contribution in [-0.2, 0) is 4.79 Å². The molecule has 0 bridgehead atoms. The first-order valence-electron chi connectivity index (χ1n) is 4.66. The molecule has 0 aromatic heterocycles. The molecule has 1 amide bonds. The van der Waals surface area contributed by atoms with Gasteiger partial charge in [-0.3, -0.25) is 4.79 Å². The van der Waals surface area contributed by atoms with Crippen LogP contribution in [0.25, 0.3) is 0 Å². The first-order valence-corrected chi connectivity index (χ1v) is 4.66. The normalized spacial score (nSPS) is 9.20. The maximum atomic E-state index is 11.2. The second-order valence-electron chi connectivity index (χ2n) is 3.20. The van der Waals surface area contributed by atoms with Crippen molar-refractivity contribution >= 4 is 11.6 Å². The Morgan fingerprint density at radius 3 is 2.60 bits per heavy atom. The Hall–Kier alpha value is -1.84. The van der Waals surface area contributed by atoms with E-state index in [0.29, 0.717) is 5.75 Å². The largest absolute Gasteiger partial charge is 0.484 e. The molecule has 1 rings (SSSR count). The van der Waals surface area contributed by atoms with Gasteiger partial charge in [-0.15, -0.1) is 0 Å². The average molecular weight is 206 g/mol. The minimum absolute atomic E-state index is 0.0270. The predicted molar refractivity (Wildman–Crippen MR) is 58.9 cm³/mol. The van der Waals surface area contributed by atoms with Gasteiger partial charge in [-0.1, -0.05) is 18.2 Å². The molecule has 0 fully saturated rings. The van der Waals surface area contributed by atoms with Crippen LogP contribution in [0.4, 0.5) is 0 Å². The lowest BCUT2D eigenvalue weighted by molar-refractivity contribution is -0.123. The molecule has 0 radical (unpaired) electrons. The van der Waals surface area contributed by atoms with E-state index >= 15 is 0 Å². The smallest absolute Gasteiger partial charge is 0.277 e. The van der Waals surface area contributed by atoms with Gasteiger partial charge in [0.2, 0.25) is 0 Å². The van der Waals surface area contributed by atoms with Crippen LogP contribution < -0.4 is 10.2 Å². The third kappa shape index (κ3) is 4.81. The van der Waals surface area contributed by atoms with E-state index in [1.165, 1.54) is 0 Å². The second-order valence-corrected chi connectivity index (χ2v) is 3.20. The van der Waals surface area contributed by atoms with Crippen LogP contribution in [0.3, 0.4) is 0 Å². The molecule has 0 aliphatic heterocycles. The number of benzene rings is 1. The minimum atomic E-state index is -0.264. The van der Waals surface area contributed by atoms with Crippen LogP contribution in [-0.4, -0.2) is 18.2 Å². The van der Waals surface area contributed by atoms with Crippen molar-refractivity contribution in [2.24, 2.45) is 5.10 Å². The lowest BCUT2D eigenvalue weighted by Crippen LogP contribution is -2.25. The Morgan fingerprint density at radius 1 is 1.33 bits per heavy atom. The van der Waals surface area contributed by atoms with Crippen molar-refractivity contribution in [1.82, 2.24) is 5.43 Å². The molecular weight excluding hydrogens is 192 g/mol. The van der Waals surface area contributed by atoms with Gasteiger partial charge in [0.15, 0.2) is 6.61 Å². The highest BCUT2D eigenvalue weighted by Gasteiger charge is 2.00. The maximum Gasteiger partial charge on any atom is 0.277 e. The zero-order chi connectivity index (χ0) is 11.1. The fourth-order valence-corrected chi connectivity index (χ4v) is 0.872. The van der Waals surface area contributed by atoms with Gasteiger partial charge in [0.1, 0.15) is 5.75 Å². The summed E-state index contributed by atoms with van der Waals surface area (Å²) >= 11 is 0. The number of hydrogen-bond acceptors (Lipinski definition) is 3. The molecule has 1 aromatic rings. The molecule has 0 spiro atoms. The van der Waals surface area contributed by atoms with Crippen LogP contribution in [0.1, 0.15) is 13.8 Å². The number of hydrogen-bond donors (Lipinski definition) is 1. The monoisotopic (exact) mass is 206 g/mol. The highest BCUT2D eigenvalue weighted by Crippen LogP contribution is 2.07. The number of nitrogens with zero attached hydrogens (tertiary/aromatic N) is 1. The summed E-state index contributed by atoms with van der Waals surface area (Å²) in [5.74, 6) is 0.407. The van der Waals surface area contributed by atoms with Gasteiger partial charge in [-0.2, -0.15) is 5.10 Å². The minimum Gasteiger partial charge on any atom is -0.484 e. The number of carbonyl (C=O) groups excluding carboxylic acids is 1. The Labute approximate surface area is 88.9 Å². The fourth-order valence-electron chi connectivity index (χ4n) is 0.872. The van der Waals surface area contributed by atoms with E-state index in [2.05, 4.69) is 10.5 Å². The molecule has 0 heterocycles. The van der Waals surface area contributed by atoms with Crippen molar-refractivity contribution in [3.63, 3.8) is 0 Å². The number of ether oxygens (including phenoxy) is 1. The molecule has 15 heavy (non-hydrogen) atoms. The highest BCUT2D eigenvalue weighted by molar-refractivity contribution is 5.83. The van der Waals surface area contributed by atoms with E-state index in [9.17, 15) is 4.79 Å². The number of hydrazone groups is 1. The molecule has 0 aliphatic rings. The molecule has 0 atom stereocenters. The molecule has 4 nitrogen and oxygen atoms in total. The number of nitrogens with one attached hydrogen (secondary N) is 1. The molecule has 4 heteroatoms. The molecule has 1 aromatic carbocycles. The van der Waals surface area contributed by atoms with Crippen LogP contribution in [0.15, 0.2) is 35.4 Å². The summed E-state index contributed by atoms with van der Waals surface area (Å²) in [4.78, 5) is 11.2. The van der Waals surface area contributed by atoms with Gasteiger partial charge in [0, 0.05) is 5.71 Å². The molecule has 0 aliphatic carbocycles. The second kappa shape index (κ2) is 5.80. The summed E-state index contributed by atoms with van der Waals surface area (Å²) in [7, 11) is 0. The first kappa shape index (κ1) is 11.2. The van der Waals surface area contributed by atoms with Crippen LogP contribution in [0, 0.1) is 0 Å². The third-order valence-electron chi connectivity index (χ3n) is 1.52. The van der Waals surface area contributed by atoms with Gasteiger partial charge in [-0.25, -0.2) is 5.43 Å². The first-order chi connectivity index (χ1) is 7.18. The Bertz CT molecular complexity index is 343. The van der Waals surface area contributed by atoms with Gasteiger partial charge >= 0.3 is 0 Å². The predicted octanol–water partition coefficient (Wildman–Crippen LogP) is 1.58. The Kier molecular flexibility index (Phi) is 4.34. The summed E-state index contributed by atoms with van der Waals surface area (Å²) in [6.45, 7) is 3.58. The Morgan fingerprint density at radius 2 is 2.00 bits per heavy atom. The maximum absolute atomic E-state index is 11.2. The van der Waals surface area contributed by atoms with Gasteiger partial charge in [-0.05, 0) is 26.0 Å². The van der Waals surface area contributed by atoms with Crippen molar-refractivity contribution < 1.29 is 9.53 Å². The lowest BCUT2D eigenvalue weighted by Gasteiger charge is -2.04. The third-order valence-corrected chi connectivity index (χ3v) is 1.52. The van der Waals surface area contributed by atoms with E-state index in [0.717, 1.165) is 5.71 Å². The van der Waals surface area contributed by atoms with E-state index in [-0.39, 0.29) is 12.5 Å². The number of para-hydroxylation sites is 1.